The van der Waals surface area contributed by atoms with Crippen LogP contribution in [0, 0.1) is 6.92 Å². The van der Waals surface area contributed by atoms with Crippen LogP contribution in [-0.4, -0.2) is 51.4 Å². The Labute approximate surface area is 180 Å². The van der Waals surface area contributed by atoms with E-state index in [9.17, 15) is 4.79 Å². The first-order valence-electron chi connectivity index (χ1n) is 10.2. The number of thiophene rings is 1. The molecule has 1 saturated heterocycles. The summed E-state index contributed by atoms with van der Waals surface area (Å²) in [4.78, 5) is 19.3. The molecule has 0 N–H and O–H groups in total. The molecule has 8 heteroatoms. The topological polar surface area (TPSA) is 69.0 Å². The summed E-state index contributed by atoms with van der Waals surface area (Å²) < 4.78 is 12.9. The standard InChI is InChI=1S/C22H28N4O3S/c1-14-12-30-13-17(14)16-10-23-26-19(28-5)9-18(24-20(16)26)15-7-6-8-25(11-15)21(27)29-22(2,3)4/h9-10,12-13,15H,6-8,11H2,1-5H3. The number of fused-ring (bicyclic) bond motifs is 1. The van der Waals surface area contributed by atoms with Crippen LogP contribution in [0.1, 0.15) is 50.8 Å². The van der Waals surface area contributed by atoms with E-state index >= 15 is 0 Å². The van der Waals surface area contributed by atoms with E-state index in [2.05, 4.69) is 22.8 Å². The van der Waals surface area contributed by atoms with Crippen molar-refractivity contribution < 1.29 is 14.3 Å². The van der Waals surface area contributed by atoms with E-state index in [0.717, 1.165) is 35.3 Å². The second-order valence-corrected chi connectivity index (χ2v) is 9.49. The molecule has 1 atom stereocenters. The molecule has 0 aromatic carbocycles. The number of nitrogens with zero attached hydrogens (tertiary/aromatic N) is 4. The molecule has 3 aromatic heterocycles. The maximum atomic E-state index is 12.6. The van der Waals surface area contributed by atoms with Crippen molar-refractivity contribution in [2.24, 2.45) is 0 Å². The molecule has 1 unspecified atom stereocenters. The van der Waals surface area contributed by atoms with Crippen LogP contribution in [0.15, 0.2) is 23.0 Å². The summed E-state index contributed by atoms with van der Waals surface area (Å²) in [7, 11) is 1.64. The fraction of sp³-hybridized carbons (Fsp3) is 0.500. The molecule has 1 amide bonds. The highest BCUT2D eigenvalue weighted by atomic mass is 32.1. The summed E-state index contributed by atoms with van der Waals surface area (Å²) in [6.07, 6.45) is 3.46. The normalized spacial score (nSPS) is 17.4. The smallest absolute Gasteiger partial charge is 0.410 e. The second kappa shape index (κ2) is 7.91. The quantitative estimate of drug-likeness (QED) is 0.594. The Morgan fingerprint density at radius 1 is 1.27 bits per heavy atom. The van der Waals surface area contributed by atoms with Crippen molar-refractivity contribution in [3.05, 3.63) is 34.3 Å². The van der Waals surface area contributed by atoms with Gasteiger partial charge in [0.25, 0.3) is 0 Å². The van der Waals surface area contributed by atoms with Crippen LogP contribution >= 0.6 is 11.3 Å². The maximum Gasteiger partial charge on any atom is 0.410 e. The van der Waals surface area contributed by atoms with Crippen molar-refractivity contribution in [3.8, 4) is 17.0 Å². The molecule has 7 nitrogen and oxygen atoms in total. The van der Waals surface area contributed by atoms with Crippen LogP contribution in [0.2, 0.25) is 0 Å². The van der Waals surface area contributed by atoms with E-state index in [1.54, 1.807) is 27.9 Å². The minimum absolute atomic E-state index is 0.122. The zero-order chi connectivity index (χ0) is 21.5. The molecular weight excluding hydrogens is 400 g/mol. The molecule has 0 radical (unpaired) electrons. The fourth-order valence-electron chi connectivity index (χ4n) is 3.84. The van der Waals surface area contributed by atoms with E-state index in [4.69, 9.17) is 14.5 Å². The highest BCUT2D eigenvalue weighted by molar-refractivity contribution is 7.08. The first-order valence-corrected chi connectivity index (χ1v) is 11.1. The highest BCUT2D eigenvalue weighted by Gasteiger charge is 2.30. The van der Waals surface area contributed by atoms with Crippen LogP contribution in [0.25, 0.3) is 16.8 Å². The third kappa shape index (κ3) is 4.01. The number of piperidine rings is 1. The number of carbonyl (C=O) groups is 1. The Morgan fingerprint density at radius 3 is 2.73 bits per heavy atom. The number of methoxy groups -OCH3 is 1. The lowest BCUT2D eigenvalue weighted by Crippen LogP contribution is -2.42. The van der Waals surface area contributed by atoms with Gasteiger partial charge in [0.1, 0.15) is 5.60 Å². The van der Waals surface area contributed by atoms with E-state index in [-0.39, 0.29) is 12.0 Å². The molecule has 0 aliphatic carbocycles. The van der Waals surface area contributed by atoms with Crippen molar-refractivity contribution in [2.75, 3.05) is 20.2 Å². The third-order valence-corrected chi connectivity index (χ3v) is 6.17. The lowest BCUT2D eigenvalue weighted by Gasteiger charge is -2.34. The van der Waals surface area contributed by atoms with Crippen molar-refractivity contribution in [1.29, 1.82) is 0 Å². The van der Waals surface area contributed by atoms with Crippen molar-refractivity contribution >= 4 is 23.1 Å². The van der Waals surface area contributed by atoms with Crippen molar-refractivity contribution in [3.63, 3.8) is 0 Å². The number of aryl methyl sites for hydroxylation is 1. The van der Waals surface area contributed by atoms with Gasteiger partial charge in [-0.05, 0) is 56.9 Å². The summed E-state index contributed by atoms with van der Waals surface area (Å²) in [6.45, 7) is 9.05. The zero-order valence-corrected chi connectivity index (χ0v) is 19.0. The minimum atomic E-state index is -0.505. The van der Waals surface area contributed by atoms with Crippen LogP contribution in [-0.2, 0) is 4.74 Å². The number of likely N-dealkylation sites (tertiary alicyclic amines) is 1. The SMILES string of the molecule is COc1cc(C2CCCN(C(=O)OC(C)(C)C)C2)nc2c(-c3cscc3C)cnn12. The molecular formula is C22H28N4O3S. The van der Waals surface area contributed by atoms with Gasteiger partial charge in [0.15, 0.2) is 5.65 Å². The Morgan fingerprint density at radius 2 is 2.07 bits per heavy atom. The molecule has 1 aliphatic rings. The number of hydrogen-bond acceptors (Lipinski definition) is 6. The number of amides is 1. The molecule has 0 spiro atoms. The molecule has 0 saturated carbocycles. The summed E-state index contributed by atoms with van der Waals surface area (Å²) in [5, 5.41) is 8.75. The van der Waals surface area contributed by atoms with Crippen LogP contribution < -0.4 is 4.74 Å². The van der Waals surface area contributed by atoms with Crippen LogP contribution in [0.3, 0.4) is 0 Å². The predicted molar refractivity (Wildman–Crippen MR) is 117 cm³/mol. The molecule has 4 rings (SSSR count). The van der Waals surface area contributed by atoms with Crippen molar-refractivity contribution in [2.45, 2.75) is 52.1 Å². The Hall–Kier alpha value is -2.61. The Balaban J connectivity index is 1.68. The molecule has 3 aromatic rings. The van der Waals surface area contributed by atoms with E-state index in [1.807, 2.05) is 33.0 Å². The summed E-state index contributed by atoms with van der Waals surface area (Å²) in [6, 6.07) is 1.94. The minimum Gasteiger partial charge on any atom is -0.481 e. The molecule has 4 heterocycles. The Bertz CT molecular complexity index is 1070. The van der Waals surface area contributed by atoms with E-state index in [0.29, 0.717) is 19.0 Å². The van der Waals surface area contributed by atoms with Gasteiger partial charge in [-0.1, -0.05) is 0 Å². The molecule has 1 aliphatic heterocycles. The number of rotatable bonds is 3. The summed E-state index contributed by atoms with van der Waals surface area (Å²) in [5.74, 6) is 0.764. The second-order valence-electron chi connectivity index (χ2n) is 8.75. The number of carbonyl (C=O) groups excluding carboxylic acids is 1. The largest absolute Gasteiger partial charge is 0.481 e. The number of ether oxygens (including phenoxy) is 2. The highest BCUT2D eigenvalue weighted by Crippen LogP contribution is 2.34. The first-order chi connectivity index (χ1) is 14.3. The number of hydrogen-bond donors (Lipinski definition) is 0. The van der Waals surface area contributed by atoms with E-state index < -0.39 is 5.60 Å². The van der Waals surface area contributed by atoms with Crippen molar-refractivity contribution in [1.82, 2.24) is 19.5 Å². The van der Waals surface area contributed by atoms with Gasteiger partial charge in [0.05, 0.1) is 19.0 Å². The average molecular weight is 429 g/mol. The lowest BCUT2D eigenvalue weighted by atomic mass is 9.94. The molecule has 0 bridgehead atoms. The van der Waals surface area contributed by atoms with Crippen LogP contribution in [0.5, 0.6) is 5.88 Å². The third-order valence-electron chi connectivity index (χ3n) is 5.31. The van der Waals surface area contributed by atoms with Gasteiger partial charge in [-0.25, -0.2) is 9.78 Å². The molecule has 30 heavy (non-hydrogen) atoms. The van der Waals surface area contributed by atoms with Gasteiger partial charge in [-0.3, -0.25) is 0 Å². The lowest BCUT2D eigenvalue weighted by molar-refractivity contribution is 0.0197. The van der Waals surface area contributed by atoms with Gasteiger partial charge in [-0.2, -0.15) is 21.0 Å². The Kier molecular flexibility index (Phi) is 5.44. The van der Waals surface area contributed by atoms with Gasteiger partial charge in [0.2, 0.25) is 5.88 Å². The van der Waals surface area contributed by atoms with Gasteiger partial charge < -0.3 is 14.4 Å². The van der Waals surface area contributed by atoms with Gasteiger partial charge in [0, 0.05) is 36.2 Å². The molecule has 160 valence electrons. The van der Waals surface area contributed by atoms with E-state index in [1.165, 1.54) is 5.56 Å². The predicted octanol–water partition coefficient (Wildman–Crippen LogP) is 4.89. The zero-order valence-electron chi connectivity index (χ0n) is 18.1. The van der Waals surface area contributed by atoms with Gasteiger partial charge >= 0.3 is 6.09 Å². The summed E-state index contributed by atoms with van der Waals surface area (Å²) in [5.41, 5.74) is 4.53. The fourth-order valence-corrected chi connectivity index (χ4v) is 4.69. The monoisotopic (exact) mass is 428 g/mol. The number of aromatic nitrogens is 3. The van der Waals surface area contributed by atoms with Gasteiger partial charge in [-0.15, -0.1) is 0 Å². The molecule has 1 fully saturated rings. The average Bonchev–Trinajstić information content (AvgIpc) is 3.31. The first kappa shape index (κ1) is 20.7. The summed E-state index contributed by atoms with van der Waals surface area (Å²) >= 11 is 1.67. The van der Waals surface area contributed by atoms with Crippen LogP contribution in [0.4, 0.5) is 4.79 Å². The maximum absolute atomic E-state index is 12.6.